The number of benzene rings is 2. The van der Waals surface area contributed by atoms with Crippen molar-refractivity contribution in [3.05, 3.63) is 54.1 Å². The average Bonchev–Trinajstić information content (AvgIpc) is 3.06. The summed E-state index contributed by atoms with van der Waals surface area (Å²) < 4.78 is 12.7. The van der Waals surface area contributed by atoms with Crippen LogP contribution in [0.15, 0.2) is 48.5 Å². The Kier molecular flexibility index (Phi) is 13.3. The highest BCUT2D eigenvalue weighted by Gasteiger charge is 2.31. The van der Waals surface area contributed by atoms with Gasteiger partial charge in [-0.05, 0) is 76.3 Å². The Bertz CT molecular complexity index is 1280. The topological polar surface area (TPSA) is 120 Å². The molecule has 4 rings (SSSR count). The number of hydrogen-bond donors (Lipinski definition) is 3. The second-order valence-electron chi connectivity index (χ2n) is 13.0. The van der Waals surface area contributed by atoms with E-state index in [9.17, 15) is 19.5 Å². The van der Waals surface area contributed by atoms with Gasteiger partial charge in [-0.2, -0.15) is 0 Å². The second kappa shape index (κ2) is 17.3. The normalized spacial score (nSPS) is 22.5. The van der Waals surface area contributed by atoms with E-state index in [0.29, 0.717) is 35.8 Å². The number of nitrogens with one attached hydrogen (secondary N) is 2. The summed E-state index contributed by atoms with van der Waals surface area (Å²) in [5.41, 5.74) is 1.60. The lowest BCUT2D eigenvalue weighted by Crippen LogP contribution is -2.48. The van der Waals surface area contributed by atoms with Gasteiger partial charge in [-0.1, -0.05) is 44.4 Å². The van der Waals surface area contributed by atoms with E-state index in [1.807, 2.05) is 44.2 Å². The van der Waals surface area contributed by atoms with Gasteiger partial charge >= 0.3 is 6.03 Å². The van der Waals surface area contributed by atoms with Crippen LogP contribution >= 0.6 is 0 Å². The molecule has 2 aliphatic rings. The summed E-state index contributed by atoms with van der Waals surface area (Å²) in [4.78, 5) is 43.7. The van der Waals surface area contributed by atoms with Crippen molar-refractivity contribution in [1.29, 1.82) is 0 Å². The lowest BCUT2D eigenvalue weighted by molar-refractivity contribution is -0.120. The first kappa shape index (κ1) is 35.2. The maximum Gasteiger partial charge on any atom is 0.321 e. The van der Waals surface area contributed by atoms with Gasteiger partial charge in [-0.3, -0.25) is 9.59 Å². The van der Waals surface area contributed by atoms with Gasteiger partial charge < -0.3 is 35.0 Å². The summed E-state index contributed by atoms with van der Waals surface area (Å²) in [7, 11) is 1.73. The first-order valence-electron chi connectivity index (χ1n) is 16.9. The number of amides is 4. The highest BCUT2D eigenvalue weighted by Crippen LogP contribution is 2.30. The van der Waals surface area contributed by atoms with Crippen molar-refractivity contribution in [3.8, 4) is 5.75 Å². The third-order valence-corrected chi connectivity index (χ3v) is 9.12. The largest absolute Gasteiger partial charge is 0.490 e. The lowest BCUT2D eigenvalue weighted by Gasteiger charge is -2.35. The molecule has 1 aliphatic carbocycles. The minimum atomic E-state index is -0.492. The molecule has 2 aromatic rings. The zero-order valence-corrected chi connectivity index (χ0v) is 27.9. The molecule has 10 nitrogen and oxygen atoms in total. The molecule has 0 spiro atoms. The Hall–Kier alpha value is -3.63. The van der Waals surface area contributed by atoms with E-state index < -0.39 is 6.04 Å². The van der Waals surface area contributed by atoms with Gasteiger partial charge in [0.2, 0.25) is 5.91 Å². The molecule has 1 fully saturated rings. The van der Waals surface area contributed by atoms with Gasteiger partial charge in [0.05, 0.1) is 30.4 Å². The van der Waals surface area contributed by atoms with Gasteiger partial charge in [0.15, 0.2) is 0 Å². The number of hydrogen-bond acceptors (Lipinski definition) is 6. The van der Waals surface area contributed by atoms with E-state index in [1.165, 1.54) is 0 Å². The van der Waals surface area contributed by atoms with Crippen LogP contribution in [0, 0.1) is 11.8 Å². The highest BCUT2D eigenvalue weighted by molar-refractivity contribution is 6.00. The zero-order valence-electron chi connectivity index (χ0n) is 27.9. The van der Waals surface area contributed by atoms with E-state index in [2.05, 4.69) is 10.6 Å². The first-order valence-corrected chi connectivity index (χ1v) is 16.9. The minimum Gasteiger partial charge on any atom is -0.490 e. The summed E-state index contributed by atoms with van der Waals surface area (Å²) in [5.74, 6) is -0.0540. The molecule has 1 aliphatic heterocycles. The molecule has 1 saturated carbocycles. The van der Waals surface area contributed by atoms with E-state index in [4.69, 9.17) is 9.47 Å². The van der Waals surface area contributed by atoms with E-state index in [-0.39, 0.29) is 55.0 Å². The zero-order chi connectivity index (χ0) is 33.1. The fourth-order valence-electron chi connectivity index (χ4n) is 6.17. The number of rotatable bonds is 7. The molecular formula is C36H52N4O6. The van der Waals surface area contributed by atoms with Gasteiger partial charge in [-0.15, -0.1) is 0 Å². The van der Waals surface area contributed by atoms with Crippen LogP contribution in [0.1, 0.15) is 82.5 Å². The molecule has 10 heteroatoms. The molecule has 252 valence electrons. The fraction of sp³-hybridized carbons (Fsp3) is 0.583. The van der Waals surface area contributed by atoms with Gasteiger partial charge in [0, 0.05) is 50.0 Å². The van der Waals surface area contributed by atoms with E-state index >= 15 is 0 Å². The third kappa shape index (κ3) is 9.93. The lowest BCUT2D eigenvalue weighted by atomic mass is 9.88. The van der Waals surface area contributed by atoms with Crippen molar-refractivity contribution in [2.75, 3.05) is 44.0 Å². The van der Waals surface area contributed by atoms with Crippen molar-refractivity contribution in [3.63, 3.8) is 0 Å². The number of para-hydroxylation sites is 1. The van der Waals surface area contributed by atoms with Crippen LogP contribution < -0.4 is 15.4 Å². The van der Waals surface area contributed by atoms with Crippen LogP contribution in [-0.2, 0) is 9.53 Å². The van der Waals surface area contributed by atoms with Crippen LogP contribution in [0.4, 0.5) is 16.2 Å². The monoisotopic (exact) mass is 636 g/mol. The SMILES string of the molecule is C[C@@H]1CCCCO[C@H](CN(C)C(=O)Nc2ccccc2)[C@H](C)CN([C@@H](C)CO)C(=O)c2cc(NC(=O)C3CCCCC3)ccc2O1. The highest BCUT2D eigenvalue weighted by atomic mass is 16.5. The Morgan fingerprint density at radius 2 is 1.70 bits per heavy atom. The van der Waals surface area contributed by atoms with Crippen molar-refractivity contribution in [2.45, 2.75) is 90.4 Å². The van der Waals surface area contributed by atoms with E-state index in [1.54, 1.807) is 42.0 Å². The number of likely N-dealkylation sites (N-methyl/N-ethyl adjacent to an activating group) is 1. The molecule has 46 heavy (non-hydrogen) atoms. The molecule has 0 radical (unpaired) electrons. The van der Waals surface area contributed by atoms with Crippen molar-refractivity contribution in [1.82, 2.24) is 9.80 Å². The third-order valence-electron chi connectivity index (χ3n) is 9.12. The van der Waals surface area contributed by atoms with E-state index in [0.717, 1.165) is 51.4 Å². The standard InChI is InChI=1S/C36H52N4O6/c1-25-22-40(26(2)24-41)35(43)31-21-30(37-34(42)28-14-7-5-8-15-28)18-19-32(31)46-27(3)13-11-12-20-45-33(25)23-39(4)36(44)38-29-16-9-6-10-17-29/h6,9-10,16-19,21,25-28,33,41H,5,7-8,11-15,20,22-24H2,1-4H3,(H,37,42)(H,38,44)/t25-,26+,27-,33-/m1/s1. The maximum atomic E-state index is 14.3. The summed E-state index contributed by atoms with van der Waals surface area (Å²) in [6.45, 7) is 6.69. The molecule has 0 unspecified atom stereocenters. The molecule has 0 aromatic heterocycles. The Balaban J connectivity index is 1.58. The number of carbonyl (C=O) groups excluding carboxylic acids is 3. The number of aliphatic hydroxyl groups is 1. The number of nitrogens with zero attached hydrogens (tertiary/aromatic N) is 2. The predicted molar refractivity (Wildman–Crippen MR) is 180 cm³/mol. The van der Waals surface area contributed by atoms with Crippen LogP contribution in [0.5, 0.6) is 5.75 Å². The average molecular weight is 637 g/mol. The van der Waals surface area contributed by atoms with Crippen molar-refractivity contribution < 1.29 is 29.0 Å². The minimum absolute atomic E-state index is 0.0168. The molecule has 2 aromatic carbocycles. The Morgan fingerprint density at radius 1 is 0.978 bits per heavy atom. The Labute approximate surface area is 273 Å². The molecule has 3 N–H and O–H groups in total. The number of anilines is 2. The molecular weight excluding hydrogens is 584 g/mol. The number of carbonyl (C=O) groups is 3. The number of ether oxygens (including phenoxy) is 2. The molecule has 1 heterocycles. The first-order chi connectivity index (χ1) is 22.2. The van der Waals surface area contributed by atoms with Crippen LogP contribution in [-0.4, -0.2) is 84.4 Å². The van der Waals surface area contributed by atoms with Gasteiger partial charge in [-0.25, -0.2) is 4.79 Å². The number of fused-ring (bicyclic) bond motifs is 1. The summed E-state index contributed by atoms with van der Waals surface area (Å²) in [6, 6.07) is 13.8. The number of aliphatic hydroxyl groups excluding tert-OH is 1. The second-order valence-corrected chi connectivity index (χ2v) is 13.0. The van der Waals surface area contributed by atoms with Crippen LogP contribution in [0.2, 0.25) is 0 Å². The quantitative estimate of drug-likeness (QED) is 0.335. The summed E-state index contributed by atoms with van der Waals surface area (Å²) in [6.07, 6.45) is 6.98. The van der Waals surface area contributed by atoms with Gasteiger partial charge in [0.25, 0.3) is 5.91 Å². The smallest absolute Gasteiger partial charge is 0.321 e. The Morgan fingerprint density at radius 3 is 2.41 bits per heavy atom. The van der Waals surface area contributed by atoms with Crippen molar-refractivity contribution >= 4 is 29.2 Å². The maximum absolute atomic E-state index is 14.3. The van der Waals surface area contributed by atoms with Gasteiger partial charge in [0.1, 0.15) is 5.75 Å². The predicted octanol–water partition coefficient (Wildman–Crippen LogP) is 6.16. The van der Waals surface area contributed by atoms with Crippen LogP contribution in [0.3, 0.4) is 0 Å². The van der Waals surface area contributed by atoms with Crippen molar-refractivity contribution in [2.24, 2.45) is 11.8 Å². The molecule has 4 amide bonds. The fourth-order valence-corrected chi connectivity index (χ4v) is 6.17. The number of urea groups is 1. The molecule has 0 bridgehead atoms. The molecule has 4 atom stereocenters. The summed E-state index contributed by atoms with van der Waals surface area (Å²) >= 11 is 0. The summed E-state index contributed by atoms with van der Waals surface area (Å²) in [5, 5.41) is 16.2. The van der Waals surface area contributed by atoms with Crippen LogP contribution in [0.25, 0.3) is 0 Å². The molecule has 0 saturated heterocycles.